The highest BCUT2D eigenvalue weighted by Crippen LogP contribution is 2.41. The molecule has 1 aliphatic heterocycles. The van der Waals surface area contributed by atoms with Crippen LogP contribution in [0.5, 0.6) is 5.75 Å². The van der Waals surface area contributed by atoms with Gasteiger partial charge in [0.1, 0.15) is 11.6 Å². The summed E-state index contributed by atoms with van der Waals surface area (Å²) in [5.41, 5.74) is 3.01. The van der Waals surface area contributed by atoms with E-state index in [4.69, 9.17) is 9.97 Å². The molecule has 3 aliphatic rings. The summed E-state index contributed by atoms with van der Waals surface area (Å²) in [6.07, 6.45) is 4.43. The molecule has 5 rings (SSSR count). The van der Waals surface area contributed by atoms with E-state index < -0.39 is 6.36 Å². The van der Waals surface area contributed by atoms with E-state index in [0.29, 0.717) is 37.4 Å². The molecule has 31 heavy (non-hydrogen) atoms. The number of benzene rings is 1. The second-order valence-corrected chi connectivity index (χ2v) is 8.88. The first kappa shape index (κ1) is 20.4. The van der Waals surface area contributed by atoms with Gasteiger partial charge in [0, 0.05) is 31.1 Å². The SMILES string of the molecule is FC(F)(F)Oc1ccc2c(c1)CCN(c1cc(C3CC3)nc(NC3CCCCC3)n1)C2. The zero-order valence-corrected chi connectivity index (χ0v) is 17.4. The van der Waals surface area contributed by atoms with Crippen molar-refractivity contribution in [1.82, 2.24) is 9.97 Å². The molecule has 2 heterocycles. The van der Waals surface area contributed by atoms with Crippen molar-refractivity contribution in [3.05, 3.63) is 41.1 Å². The lowest BCUT2D eigenvalue weighted by atomic mass is 9.96. The Morgan fingerprint density at radius 3 is 2.52 bits per heavy atom. The number of nitrogens with one attached hydrogen (secondary N) is 1. The molecule has 0 radical (unpaired) electrons. The minimum Gasteiger partial charge on any atom is -0.406 e. The van der Waals surface area contributed by atoms with Gasteiger partial charge in [0.15, 0.2) is 0 Å². The van der Waals surface area contributed by atoms with E-state index in [2.05, 4.69) is 21.0 Å². The van der Waals surface area contributed by atoms with Gasteiger partial charge in [-0.2, -0.15) is 4.98 Å². The molecular weight excluding hydrogens is 405 g/mol. The number of hydrogen-bond donors (Lipinski definition) is 1. The van der Waals surface area contributed by atoms with E-state index >= 15 is 0 Å². The molecule has 5 nitrogen and oxygen atoms in total. The molecule has 2 aromatic rings. The Kier molecular flexibility index (Phi) is 5.40. The van der Waals surface area contributed by atoms with Crippen LogP contribution in [-0.4, -0.2) is 28.9 Å². The fourth-order valence-corrected chi connectivity index (χ4v) is 4.62. The van der Waals surface area contributed by atoms with Gasteiger partial charge >= 0.3 is 6.36 Å². The molecule has 2 fully saturated rings. The van der Waals surface area contributed by atoms with E-state index in [1.807, 2.05) is 0 Å². The molecule has 0 spiro atoms. The molecule has 1 aromatic carbocycles. The lowest BCUT2D eigenvalue weighted by Crippen LogP contribution is -2.32. The van der Waals surface area contributed by atoms with Crippen LogP contribution in [0.4, 0.5) is 24.9 Å². The summed E-state index contributed by atoms with van der Waals surface area (Å²) in [7, 11) is 0. The van der Waals surface area contributed by atoms with Gasteiger partial charge in [-0.3, -0.25) is 0 Å². The van der Waals surface area contributed by atoms with E-state index in [0.717, 1.165) is 35.5 Å². The molecule has 0 unspecified atom stereocenters. The zero-order valence-electron chi connectivity index (χ0n) is 17.4. The number of alkyl halides is 3. The van der Waals surface area contributed by atoms with Crippen LogP contribution in [0, 0.1) is 0 Å². The van der Waals surface area contributed by atoms with Crippen molar-refractivity contribution in [2.75, 3.05) is 16.8 Å². The van der Waals surface area contributed by atoms with Crippen molar-refractivity contribution in [3.8, 4) is 5.75 Å². The lowest BCUT2D eigenvalue weighted by Gasteiger charge is -2.31. The average Bonchev–Trinajstić information content (AvgIpc) is 3.58. The minimum atomic E-state index is -4.67. The Hall–Kier alpha value is -2.51. The molecular formula is C23H27F3N4O. The van der Waals surface area contributed by atoms with E-state index in [9.17, 15) is 13.2 Å². The largest absolute Gasteiger partial charge is 0.573 e. The van der Waals surface area contributed by atoms with Gasteiger partial charge in [0.25, 0.3) is 0 Å². The summed E-state index contributed by atoms with van der Waals surface area (Å²) in [5, 5.41) is 3.56. The van der Waals surface area contributed by atoms with Gasteiger partial charge < -0.3 is 15.0 Å². The lowest BCUT2D eigenvalue weighted by molar-refractivity contribution is -0.274. The number of nitrogens with zero attached hydrogens (tertiary/aromatic N) is 3. The van der Waals surface area contributed by atoms with Crippen molar-refractivity contribution in [2.45, 2.75) is 76.2 Å². The third kappa shape index (κ3) is 5.05. The average molecular weight is 432 g/mol. The minimum absolute atomic E-state index is 0.156. The second-order valence-electron chi connectivity index (χ2n) is 8.88. The molecule has 2 aliphatic carbocycles. The van der Waals surface area contributed by atoms with Crippen molar-refractivity contribution in [3.63, 3.8) is 0 Å². The normalized spacial score (nSPS) is 19.8. The highest BCUT2D eigenvalue weighted by molar-refractivity contribution is 5.50. The number of anilines is 2. The summed E-state index contributed by atoms with van der Waals surface area (Å²) in [6, 6.07) is 7.15. The first-order valence-corrected chi connectivity index (χ1v) is 11.2. The molecule has 1 N–H and O–H groups in total. The predicted molar refractivity (Wildman–Crippen MR) is 112 cm³/mol. The molecule has 0 saturated heterocycles. The first-order valence-electron chi connectivity index (χ1n) is 11.2. The smallest absolute Gasteiger partial charge is 0.406 e. The summed E-state index contributed by atoms with van der Waals surface area (Å²) >= 11 is 0. The summed E-state index contributed by atoms with van der Waals surface area (Å²) in [6.45, 7) is 1.32. The van der Waals surface area contributed by atoms with Crippen LogP contribution in [0.1, 0.15) is 67.7 Å². The molecule has 1 aromatic heterocycles. The van der Waals surface area contributed by atoms with Gasteiger partial charge in [-0.1, -0.05) is 25.3 Å². The fourth-order valence-electron chi connectivity index (χ4n) is 4.62. The van der Waals surface area contributed by atoms with Crippen LogP contribution in [-0.2, 0) is 13.0 Å². The maximum absolute atomic E-state index is 12.5. The molecule has 8 heteroatoms. The van der Waals surface area contributed by atoms with Gasteiger partial charge in [-0.05, 0) is 55.4 Å². The molecule has 166 valence electrons. The monoisotopic (exact) mass is 432 g/mol. The van der Waals surface area contributed by atoms with Crippen LogP contribution in [0.3, 0.4) is 0 Å². The van der Waals surface area contributed by atoms with Crippen molar-refractivity contribution < 1.29 is 17.9 Å². The standard InChI is InChI=1S/C23H27F3N4O/c24-23(25,26)31-19-9-8-17-14-30(11-10-16(17)12-19)21-13-20(15-6-7-15)28-22(29-21)27-18-4-2-1-3-5-18/h8-9,12-13,15,18H,1-7,10-11,14H2,(H,27,28,29). The number of fused-ring (bicyclic) bond motifs is 1. The van der Waals surface area contributed by atoms with E-state index in [-0.39, 0.29) is 5.75 Å². The molecule has 0 atom stereocenters. The Balaban J connectivity index is 1.35. The van der Waals surface area contributed by atoms with Crippen LogP contribution < -0.4 is 15.0 Å². The Morgan fingerprint density at radius 1 is 0.968 bits per heavy atom. The summed E-state index contributed by atoms with van der Waals surface area (Å²) < 4.78 is 41.6. The van der Waals surface area contributed by atoms with Crippen LogP contribution >= 0.6 is 0 Å². The number of hydrogen-bond acceptors (Lipinski definition) is 5. The number of halogens is 3. The second kappa shape index (κ2) is 8.20. The molecule has 2 saturated carbocycles. The van der Waals surface area contributed by atoms with Crippen molar-refractivity contribution in [2.24, 2.45) is 0 Å². The van der Waals surface area contributed by atoms with Gasteiger partial charge in [0.2, 0.25) is 5.95 Å². The summed E-state index contributed by atoms with van der Waals surface area (Å²) in [4.78, 5) is 11.8. The topological polar surface area (TPSA) is 50.3 Å². The van der Waals surface area contributed by atoms with Crippen LogP contribution in [0.2, 0.25) is 0 Å². The summed E-state index contributed by atoms with van der Waals surface area (Å²) in [5.74, 6) is 1.98. The van der Waals surface area contributed by atoms with Gasteiger partial charge in [-0.25, -0.2) is 4.98 Å². The fraction of sp³-hybridized carbons (Fsp3) is 0.565. The zero-order chi connectivity index (χ0) is 21.4. The maximum atomic E-state index is 12.5. The van der Waals surface area contributed by atoms with Crippen molar-refractivity contribution >= 4 is 11.8 Å². The van der Waals surface area contributed by atoms with Gasteiger partial charge in [-0.15, -0.1) is 13.2 Å². The predicted octanol–water partition coefficient (Wildman–Crippen LogP) is 5.56. The molecule has 0 bridgehead atoms. The molecule has 0 amide bonds. The Bertz CT molecular complexity index is 939. The quantitative estimate of drug-likeness (QED) is 0.670. The van der Waals surface area contributed by atoms with Gasteiger partial charge in [0.05, 0.1) is 5.69 Å². The third-order valence-corrected chi connectivity index (χ3v) is 6.41. The highest BCUT2D eigenvalue weighted by Gasteiger charge is 2.32. The van der Waals surface area contributed by atoms with E-state index in [1.54, 1.807) is 6.07 Å². The van der Waals surface area contributed by atoms with Crippen molar-refractivity contribution in [1.29, 1.82) is 0 Å². The maximum Gasteiger partial charge on any atom is 0.573 e. The van der Waals surface area contributed by atoms with E-state index in [1.165, 1.54) is 44.2 Å². The first-order chi connectivity index (χ1) is 14.9. The number of aromatic nitrogens is 2. The highest BCUT2D eigenvalue weighted by atomic mass is 19.4. The Labute approximate surface area is 180 Å². The number of ether oxygens (including phenoxy) is 1. The van der Waals surface area contributed by atoms with Crippen LogP contribution in [0.25, 0.3) is 0 Å². The van der Waals surface area contributed by atoms with Crippen LogP contribution in [0.15, 0.2) is 24.3 Å². The third-order valence-electron chi connectivity index (χ3n) is 6.41. The Morgan fingerprint density at radius 2 is 1.77 bits per heavy atom. The number of rotatable bonds is 5.